The number of nitrogens with two attached hydrogens (primary N) is 1. The number of carbonyl (C=O) groups is 1. The fraction of sp³-hybridized carbons (Fsp3) is 0.714. The van der Waals surface area contributed by atoms with Crippen molar-refractivity contribution in [2.75, 3.05) is 6.54 Å². The standard InChI is InChI=1S/C14H24N4O/c1-9-5-14(6-9,8-15)13(19)16-7-12-10(2)17-18(4)11(12)3/h9H,5-8,15H2,1-4H3,(H,16,19). The second-order valence-corrected chi connectivity index (χ2v) is 5.95. The zero-order valence-corrected chi connectivity index (χ0v) is 12.3. The average Bonchev–Trinajstić information content (AvgIpc) is 2.56. The molecule has 0 aliphatic heterocycles. The van der Waals surface area contributed by atoms with Crippen LogP contribution in [0.3, 0.4) is 0 Å². The highest BCUT2D eigenvalue weighted by Gasteiger charge is 2.46. The van der Waals surface area contributed by atoms with Crippen molar-refractivity contribution in [3.05, 3.63) is 17.0 Å². The van der Waals surface area contributed by atoms with Gasteiger partial charge in [0.05, 0.1) is 11.1 Å². The Hall–Kier alpha value is -1.36. The van der Waals surface area contributed by atoms with Crippen LogP contribution in [-0.4, -0.2) is 22.2 Å². The van der Waals surface area contributed by atoms with E-state index in [2.05, 4.69) is 17.3 Å². The summed E-state index contributed by atoms with van der Waals surface area (Å²) in [6.45, 7) is 7.13. The van der Waals surface area contributed by atoms with Crippen LogP contribution >= 0.6 is 0 Å². The quantitative estimate of drug-likeness (QED) is 0.853. The summed E-state index contributed by atoms with van der Waals surface area (Å²) in [5, 5.41) is 7.39. The van der Waals surface area contributed by atoms with Crippen LogP contribution < -0.4 is 11.1 Å². The maximum absolute atomic E-state index is 12.3. The van der Waals surface area contributed by atoms with Gasteiger partial charge in [-0.1, -0.05) is 6.92 Å². The summed E-state index contributed by atoms with van der Waals surface area (Å²) < 4.78 is 1.85. The molecule has 0 unspecified atom stereocenters. The van der Waals surface area contributed by atoms with Gasteiger partial charge in [0.1, 0.15) is 0 Å². The highest BCUT2D eigenvalue weighted by molar-refractivity contribution is 5.84. The van der Waals surface area contributed by atoms with Gasteiger partial charge in [-0.3, -0.25) is 9.48 Å². The van der Waals surface area contributed by atoms with E-state index >= 15 is 0 Å². The number of hydrogen-bond acceptors (Lipinski definition) is 3. The Morgan fingerprint density at radius 2 is 2.16 bits per heavy atom. The molecule has 1 aliphatic rings. The van der Waals surface area contributed by atoms with Crippen LogP contribution in [0.1, 0.15) is 36.7 Å². The maximum atomic E-state index is 12.3. The molecule has 106 valence electrons. The summed E-state index contributed by atoms with van der Waals surface area (Å²) in [6, 6.07) is 0. The molecule has 1 aromatic rings. The third-order valence-electron chi connectivity index (χ3n) is 4.44. The largest absolute Gasteiger partial charge is 0.351 e. The Morgan fingerprint density at radius 3 is 2.58 bits per heavy atom. The van der Waals surface area contributed by atoms with E-state index in [4.69, 9.17) is 5.73 Å². The first-order chi connectivity index (χ1) is 8.89. The lowest BCUT2D eigenvalue weighted by Crippen LogP contribution is -2.53. The summed E-state index contributed by atoms with van der Waals surface area (Å²) in [4.78, 5) is 12.3. The summed E-state index contributed by atoms with van der Waals surface area (Å²) >= 11 is 0. The third-order valence-corrected chi connectivity index (χ3v) is 4.44. The Kier molecular flexibility index (Phi) is 3.67. The van der Waals surface area contributed by atoms with Crippen LogP contribution in [0, 0.1) is 25.2 Å². The van der Waals surface area contributed by atoms with Crippen molar-refractivity contribution < 1.29 is 4.79 Å². The Balaban J connectivity index is 2.01. The van der Waals surface area contributed by atoms with E-state index in [1.807, 2.05) is 25.6 Å². The molecule has 5 heteroatoms. The molecule has 1 fully saturated rings. The smallest absolute Gasteiger partial charge is 0.227 e. The minimum absolute atomic E-state index is 0.0933. The van der Waals surface area contributed by atoms with Gasteiger partial charge in [-0.2, -0.15) is 5.10 Å². The van der Waals surface area contributed by atoms with Crippen LogP contribution in [0.5, 0.6) is 0 Å². The van der Waals surface area contributed by atoms with E-state index in [0.717, 1.165) is 29.8 Å². The van der Waals surface area contributed by atoms with Crippen molar-refractivity contribution in [3.63, 3.8) is 0 Å². The molecule has 1 heterocycles. The molecular formula is C14H24N4O. The normalized spacial score (nSPS) is 26.1. The zero-order valence-electron chi connectivity index (χ0n) is 12.3. The fourth-order valence-corrected chi connectivity index (χ4v) is 3.15. The Bertz CT molecular complexity index is 486. The lowest BCUT2D eigenvalue weighted by atomic mass is 9.62. The molecule has 0 bridgehead atoms. The molecule has 2 rings (SSSR count). The lowest BCUT2D eigenvalue weighted by Gasteiger charge is -2.44. The highest BCUT2D eigenvalue weighted by Crippen LogP contribution is 2.44. The SMILES string of the molecule is Cc1nn(C)c(C)c1CNC(=O)C1(CN)CC(C)C1. The van der Waals surface area contributed by atoms with Crippen molar-refractivity contribution in [2.45, 2.75) is 40.2 Å². The van der Waals surface area contributed by atoms with Gasteiger partial charge in [-0.05, 0) is 32.6 Å². The van der Waals surface area contributed by atoms with E-state index in [0.29, 0.717) is 19.0 Å². The van der Waals surface area contributed by atoms with E-state index < -0.39 is 0 Å². The van der Waals surface area contributed by atoms with E-state index in [-0.39, 0.29) is 11.3 Å². The average molecular weight is 264 g/mol. The minimum Gasteiger partial charge on any atom is -0.351 e. The Labute approximate surface area is 114 Å². The molecule has 19 heavy (non-hydrogen) atoms. The monoisotopic (exact) mass is 264 g/mol. The van der Waals surface area contributed by atoms with Crippen LogP contribution in [-0.2, 0) is 18.4 Å². The molecule has 1 saturated carbocycles. The predicted octanol–water partition coefficient (Wildman–Crippen LogP) is 1.03. The molecular weight excluding hydrogens is 240 g/mol. The van der Waals surface area contributed by atoms with E-state index in [1.165, 1.54) is 0 Å². The first kappa shape index (κ1) is 14.1. The number of nitrogens with zero attached hydrogens (tertiary/aromatic N) is 2. The van der Waals surface area contributed by atoms with Crippen LogP contribution in [0.15, 0.2) is 0 Å². The summed E-state index contributed by atoms with van der Waals surface area (Å²) in [6.07, 6.45) is 1.81. The topological polar surface area (TPSA) is 72.9 Å². The molecule has 0 spiro atoms. The minimum atomic E-state index is -0.330. The van der Waals surface area contributed by atoms with Crippen molar-refractivity contribution >= 4 is 5.91 Å². The number of carbonyl (C=O) groups excluding carboxylic acids is 1. The number of amides is 1. The highest BCUT2D eigenvalue weighted by atomic mass is 16.2. The van der Waals surface area contributed by atoms with Gasteiger partial charge in [-0.25, -0.2) is 0 Å². The zero-order chi connectivity index (χ0) is 14.2. The van der Waals surface area contributed by atoms with Gasteiger partial charge < -0.3 is 11.1 Å². The first-order valence-corrected chi connectivity index (χ1v) is 6.87. The van der Waals surface area contributed by atoms with Crippen LogP contribution in [0.4, 0.5) is 0 Å². The molecule has 0 radical (unpaired) electrons. The molecule has 0 atom stereocenters. The molecule has 3 N–H and O–H groups in total. The van der Waals surface area contributed by atoms with Gasteiger partial charge in [-0.15, -0.1) is 0 Å². The second kappa shape index (κ2) is 4.96. The first-order valence-electron chi connectivity index (χ1n) is 6.87. The van der Waals surface area contributed by atoms with Crippen molar-refractivity contribution in [3.8, 4) is 0 Å². The lowest BCUT2D eigenvalue weighted by molar-refractivity contribution is -0.138. The number of hydrogen-bond donors (Lipinski definition) is 2. The van der Waals surface area contributed by atoms with Gasteiger partial charge in [0.25, 0.3) is 0 Å². The van der Waals surface area contributed by atoms with E-state index in [9.17, 15) is 4.79 Å². The summed E-state index contributed by atoms with van der Waals surface area (Å²) in [5.41, 5.74) is 8.64. The third kappa shape index (κ3) is 2.39. The predicted molar refractivity (Wildman–Crippen MR) is 74.4 cm³/mol. The second-order valence-electron chi connectivity index (χ2n) is 5.95. The number of aromatic nitrogens is 2. The molecule has 0 saturated heterocycles. The number of rotatable bonds is 4. The number of nitrogens with one attached hydrogen (secondary N) is 1. The summed E-state index contributed by atoms with van der Waals surface area (Å²) in [5.74, 6) is 0.701. The molecule has 1 amide bonds. The van der Waals surface area contributed by atoms with Gasteiger partial charge in [0.15, 0.2) is 0 Å². The van der Waals surface area contributed by atoms with Gasteiger partial charge >= 0.3 is 0 Å². The molecule has 5 nitrogen and oxygen atoms in total. The molecule has 1 aliphatic carbocycles. The van der Waals surface area contributed by atoms with Gasteiger partial charge in [0.2, 0.25) is 5.91 Å². The van der Waals surface area contributed by atoms with Crippen molar-refractivity contribution in [2.24, 2.45) is 24.1 Å². The molecule has 0 aromatic carbocycles. The van der Waals surface area contributed by atoms with E-state index in [1.54, 1.807) is 0 Å². The van der Waals surface area contributed by atoms with Crippen LogP contribution in [0.2, 0.25) is 0 Å². The summed E-state index contributed by atoms with van der Waals surface area (Å²) in [7, 11) is 1.92. The maximum Gasteiger partial charge on any atom is 0.227 e. The Morgan fingerprint density at radius 1 is 1.53 bits per heavy atom. The van der Waals surface area contributed by atoms with Crippen LogP contribution in [0.25, 0.3) is 0 Å². The van der Waals surface area contributed by atoms with Crippen molar-refractivity contribution in [1.29, 1.82) is 0 Å². The fourth-order valence-electron chi connectivity index (χ4n) is 3.15. The molecule has 1 aromatic heterocycles. The number of aryl methyl sites for hydroxylation is 2. The van der Waals surface area contributed by atoms with Gasteiger partial charge in [0, 0.05) is 31.4 Å². The van der Waals surface area contributed by atoms with Crippen molar-refractivity contribution in [1.82, 2.24) is 15.1 Å².